The summed E-state index contributed by atoms with van der Waals surface area (Å²) in [5, 5.41) is 1.84. The number of allylic oxidation sites excluding steroid dienone is 1. The van der Waals surface area contributed by atoms with Gasteiger partial charge in [0.25, 0.3) is 0 Å². The lowest BCUT2D eigenvalue weighted by molar-refractivity contribution is 0.310. The summed E-state index contributed by atoms with van der Waals surface area (Å²) in [7, 11) is 0.0464. The Morgan fingerprint density at radius 2 is 1.74 bits per heavy atom. The normalized spacial score (nSPS) is 12.4. The number of rotatable bonds is 13. The second-order valence-electron chi connectivity index (χ2n) is 10.2. The van der Waals surface area contributed by atoms with E-state index in [9.17, 15) is 17.6 Å². The van der Waals surface area contributed by atoms with Crippen molar-refractivity contribution >= 4 is 41.7 Å². The van der Waals surface area contributed by atoms with Crippen LogP contribution in [-0.2, 0) is 16.3 Å². The molecule has 0 saturated heterocycles. The molecule has 0 spiro atoms. The van der Waals surface area contributed by atoms with Crippen molar-refractivity contribution in [3.8, 4) is 34.1 Å². The zero-order valence-electron chi connectivity index (χ0n) is 24.2. The molecule has 9 heteroatoms. The van der Waals surface area contributed by atoms with Gasteiger partial charge in [0.05, 0.1) is 14.4 Å². The van der Waals surface area contributed by atoms with Crippen LogP contribution in [0.15, 0.2) is 82.8 Å². The Bertz CT molecular complexity index is 1610. The molecule has 0 radical (unpaired) electrons. The van der Waals surface area contributed by atoms with Crippen molar-refractivity contribution in [2.75, 3.05) is 24.9 Å². The molecular formula is C33H37Br2FN2O3S. The summed E-state index contributed by atoms with van der Waals surface area (Å²) in [5.41, 5.74) is 2.89. The number of halogens is 3. The minimum atomic E-state index is -3.68. The van der Waals surface area contributed by atoms with Crippen LogP contribution in [-0.4, -0.2) is 42.9 Å². The summed E-state index contributed by atoms with van der Waals surface area (Å²) < 4.78 is 42.1. The maximum atomic E-state index is 14.0. The Morgan fingerprint density at radius 3 is 2.45 bits per heavy atom. The van der Waals surface area contributed by atoms with Crippen molar-refractivity contribution in [1.82, 2.24) is 4.68 Å². The minimum absolute atomic E-state index is 0.112. The van der Waals surface area contributed by atoms with Gasteiger partial charge in [0.15, 0.2) is 15.3 Å². The first-order chi connectivity index (χ1) is 20.0. The number of hydrogen-bond donors (Lipinski definition) is 0. The molecule has 1 unspecified atom stereocenters. The van der Waals surface area contributed by atoms with Crippen LogP contribution in [0.5, 0.6) is 0 Å². The average molecular weight is 721 g/mol. The fourth-order valence-corrected chi connectivity index (χ4v) is 5.87. The molecular weight excluding hydrogens is 683 g/mol. The highest BCUT2D eigenvalue weighted by atomic mass is 79.9. The zero-order valence-corrected chi connectivity index (χ0v) is 28.2. The van der Waals surface area contributed by atoms with Crippen LogP contribution in [0.1, 0.15) is 44.6 Å². The molecule has 0 aliphatic heterocycles. The lowest BCUT2D eigenvalue weighted by Crippen LogP contribution is -2.27. The third-order valence-electron chi connectivity index (χ3n) is 6.69. The molecule has 1 heterocycles. The van der Waals surface area contributed by atoms with Gasteiger partial charge in [0.2, 0.25) is 0 Å². The van der Waals surface area contributed by atoms with E-state index in [1.165, 1.54) is 18.2 Å². The van der Waals surface area contributed by atoms with Gasteiger partial charge in [-0.3, -0.25) is 9.47 Å². The highest BCUT2D eigenvalue weighted by Gasteiger charge is 2.18. The molecule has 0 N–H and O–H groups in total. The predicted octanol–water partition coefficient (Wildman–Crippen LogP) is 7.68. The Kier molecular flexibility index (Phi) is 13.1. The summed E-state index contributed by atoms with van der Waals surface area (Å²) in [5.74, 6) is 6.08. The third kappa shape index (κ3) is 9.68. The van der Waals surface area contributed by atoms with Crippen molar-refractivity contribution in [1.29, 1.82) is 0 Å². The van der Waals surface area contributed by atoms with Gasteiger partial charge in [0, 0.05) is 50.5 Å². The van der Waals surface area contributed by atoms with Crippen LogP contribution < -0.4 is 10.4 Å². The zero-order chi connectivity index (χ0) is 30.7. The maximum absolute atomic E-state index is 14.0. The second kappa shape index (κ2) is 16.3. The fraction of sp³-hybridized carbons (Fsp3) is 0.364. The van der Waals surface area contributed by atoms with Gasteiger partial charge in [0.1, 0.15) is 6.17 Å². The van der Waals surface area contributed by atoms with Crippen LogP contribution >= 0.6 is 31.9 Å². The maximum Gasteiger partial charge on any atom is 0.197 e. The van der Waals surface area contributed by atoms with Gasteiger partial charge in [-0.15, -0.1) is 5.92 Å². The molecule has 224 valence electrons. The van der Waals surface area contributed by atoms with Gasteiger partial charge in [-0.1, -0.05) is 106 Å². The first kappa shape index (κ1) is 33.8. The lowest BCUT2D eigenvalue weighted by atomic mass is 9.96. The average Bonchev–Trinajstić information content (AvgIpc) is 2.96. The number of pyridine rings is 1. The Labute approximate surface area is 266 Å². The second-order valence-corrected chi connectivity index (χ2v) is 15.7. The van der Waals surface area contributed by atoms with Gasteiger partial charge >= 0.3 is 0 Å². The third-order valence-corrected chi connectivity index (χ3v) is 8.94. The molecule has 0 aliphatic carbocycles. The number of benzene rings is 2. The van der Waals surface area contributed by atoms with E-state index in [0.29, 0.717) is 36.0 Å². The Hall–Kier alpha value is -2.67. The lowest BCUT2D eigenvalue weighted by Gasteiger charge is -2.20. The first-order valence-electron chi connectivity index (χ1n) is 13.9. The summed E-state index contributed by atoms with van der Waals surface area (Å²) in [6.45, 7) is 2.01. The number of hydrogen-bond acceptors (Lipinski definition) is 4. The number of sulfone groups is 1. The van der Waals surface area contributed by atoms with Crippen molar-refractivity contribution in [2.45, 2.75) is 60.3 Å². The van der Waals surface area contributed by atoms with E-state index in [2.05, 4.69) is 43.7 Å². The number of nitrogens with zero attached hydrogens (tertiary/aromatic N) is 2. The van der Waals surface area contributed by atoms with Crippen LogP contribution in [0.3, 0.4) is 0 Å². The minimum Gasteiger partial charge on any atom is -0.319 e. The van der Waals surface area contributed by atoms with E-state index in [0.717, 1.165) is 24.0 Å². The fourth-order valence-electron chi connectivity index (χ4n) is 4.37. The number of alkyl halides is 3. The van der Waals surface area contributed by atoms with Gasteiger partial charge < -0.3 is 5.01 Å². The summed E-state index contributed by atoms with van der Waals surface area (Å²) in [6.07, 6.45) is 9.19. The molecule has 1 aromatic heterocycles. The SMILES string of the molecule is CCCCC(F)CC=CCS(=O)(=O)c1cccc(-c2cn(N(C)C)cc(-c3ccccc3CC#CCC(Br)Br)c2=O)c1. The molecule has 3 aromatic rings. The number of unbranched alkanes of at least 4 members (excludes halogenated alkanes) is 1. The Morgan fingerprint density at radius 1 is 1.00 bits per heavy atom. The van der Waals surface area contributed by atoms with Crippen molar-refractivity contribution in [3.63, 3.8) is 0 Å². The molecule has 42 heavy (non-hydrogen) atoms. The molecule has 0 amide bonds. The van der Waals surface area contributed by atoms with Crippen molar-refractivity contribution in [3.05, 3.63) is 88.9 Å². The van der Waals surface area contributed by atoms with Gasteiger partial charge in [-0.2, -0.15) is 0 Å². The predicted molar refractivity (Wildman–Crippen MR) is 180 cm³/mol. The van der Waals surface area contributed by atoms with Crippen LogP contribution in [0.2, 0.25) is 0 Å². The van der Waals surface area contributed by atoms with Crippen molar-refractivity contribution in [2.24, 2.45) is 0 Å². The first-order valence-corrected chi connectivity index (χ1v) is 17.4. The largest absolute Gasteiger partial charge is 0.319 e. The molecule has 0 aliphatic rings. The highest BCUT2D eigenvalue weighted by molar-refractivity contribution is 9.24. The summed E-state index contributed by atoms with van der Waals surface area (Å²) >= 11 is 6.86. The standard InChI is InChI=1S/C33H37Br2FN2O3S/c1-4-5-16-27(36)17-10-11-21-42(40,41)28-18-12-15-26(22-28)30-23-38(37(2)3)24-31(33(30)39)29-19-8-6-13-25(29)14-7-9-20-32(34)35/h6,8,10-13,15,18-19,22-24,27,32H,4-5,14,16-17,20-21H2,1-3H3. The van der Waals surface area contributed by atoms with E-state index >= 15 is 0 Å². The Balaban J connectivity index is 1.98. The highest BCUT2D eigenvalue weighted by Crippen LogP contribution is 2.26. The molecule has 0 bridgehead atoms. The molecule has 5 nitrogen and oxygen atoms in total. The number of aromatic nitrogens is 1. The molecule has 2 aromatic carbocycles. The van der Waals surface area contributed by atoms with E-state index in [1.807, 2.05) is 55.0 Å². The summed E-state index contributed by atoms with van der Waals surface area (Å²) in [6, 6.07) is 14.1. The molecule has 0 fully saturated rings. The quantitative estimate of drug-likeness (QED) is 0.103. The van der Waals surface area contributed by atoms with Gasteiger partial charge in [-0.25, -0.2) is 12.8 Å². The van der Waals surface area contributed by atoms with E-state index < -0.39 is 16.0 Å². The topological polar surface area (TPSA) is 59.4 Å². The van der Waals surface area contributed by atoms with Crippen LogP contribution in [0.4, 0.5) is 4.39 Å². The van der Waals surface area contributed by atoms with E-state index in [-0.39, 0.29) is 26.2 Å². The molecule has 3 rings (SSSR count). The van der Waals surface area contributed by atoms with Crippen LogP contribution in [0.25, 0.3) is 22.3 Å². The monoisotopic (exact) mass is 718 g/mol. The van der Waals surface area contributed by atoms with E-state index in [4.69, 9.17) is 0 Å². The van der Waals surface area contributed by atoms with Gasteiger partial charge in [-0.05, 0) is 41.7 Å². The smallest absolute Gasteiger partial charge is 0.197 e. The molecule has 0 saturated carbocycles. The van der Waals surface area contributed by atoms with Crippen LogP contribution in [0, 0.1) is 11.8 Å². The summed E-state index contributed by atoms with van der Waals surface area (Å²) in [4.78, 5) is 14.1. The molecule has 1 atom stereocenters. The van der Waals surface area contributed by atoms with Crippen molar-refractivity contribution < 1.29 is 12.8 Å². The van der Waals surface area contributed by atoms with E-state index in [1.54, 1.807) is 30.6 Å².